The second-order valence-corrected chi connectivity index (χ2v) is 16.3. The van der Waals surface area contributed by atoms with Gasteiger partial charge in [-0.05, 0) is 94.0 Å². The van der Waals surface area contributed by atoms with Crippen molar-refractivity contribution in [1.82, 2.24) is 19.5 Å². The third-order valence-electron chi connectivity index (χ3n) is 12.2. The first kappa shape index (κ1) is 39.3. The van der Waals surface area contributed by atoms with E-state index in [1.165, 1.54) is 11.1 Å². The molecule has 5 heteroatoms. The summed E-state index contributed by atoms with van der Waals surface area (Å²) in [6, 6.07) is 80.4. The van der Waals surface area contributed by atoms with Gasteiger partial charge in [0.25, 0.3) is 0 Å². The van der Waals surface area contributed by atoms with Gasteiger partial charge in [0, 0.05) is 45.5 Å². The van der Waals surface area contributed by atoms with Gasteiger partial charge < -0.3 is 0 Å². The molecule has 5 nitrogen and oxygen atoms in total. The summed E-state index contributed by atoms with van der Waals surface area (Å²) in [7, 11) is 0. The second kappa shape index (κ2) is 17.3. The van der Waals surface area contributed by atoms with Crippen molar-refractivity contribution in [2.75, 3.05) is 0 Å². The zero-order valence-electron chi connectivity index (χ0n) is 35.8. The Morgan fingerprint density at radius 3 is 1.80 bits per heavy atom. The molecule has 0 fully saturated rings. The van der Waals surface area contributed by atoms with Gasteiger partial charge in [0.15, 0.2) is 5.82 Å². The Labute approximate surface area is 378 Å². The molecule has 1 unspecified atom stereocenters. The number of hydrogen-bond acceptors (Lipinski definition) is 4. The lowest BCUT2D eigenvalue weighted by Gasteiger charge is -2.17. The van der Waals surface area contributed by atoms with E-state index in [1.807, 2.05) is 48.7 Å². The Bertz CT molecular complexity index is 3450. The van der Waals surface area contributed by atoms with Crippen molar-refractivity contribution < 1.29 is 0 Å². The number of aromatic nitrogens is 4. The molecule has 0 saturated carbocycles. The number of fused-ring (bicyclic) bond motifs is 2. The Morgan fingerprint density at radius 1 is 0.477 bits per heavy atom. The molecule has 0 spiro atoms. The summed E-state index contributed by atoms with van der Waals surface area (Å²) in [4.78, 5) is 20.8. The molecule has 0 N–H and O–H groups in total. The Balaban J connectivity index is 1.05. The lowest BCUT2D eigenvalue weighted by Crippen LogP contribution is -2.01. The Hall–Kier alpha value is -8.54. The van der Waals surface area contributed by atoms with Gasteiger partial charge in [0.2, 0.25) is 0 Å². The minimum Gasteiger partial charge on any atom is -0.292 e. The van der Waals surface area contributed by atoms with Crippen LogP contribution in [0.3, 0.4) is 0 Å². The van der Waals surface area contributed by atoms with E-state index in [9.17, 15) is 0 Å². The van der Waals surface area contributed by atoms with Crippen molar-refractivity contribution in [3.63, 3.8) is 0 Å². The van der Waals surface area contributed by atoms with Crippen LogP contribution in [0.25, 0.3) is 83.9 Å². The first-order chi connectivity index (χ1) is 32.1. The van der Waals surface area contributed by atoms with E-state index < -0.39 is 0 Å². The number of rotatable bonds is 10. The predicted octanol–water partition coefficient (Wildman–Crippen LogP) is 15.2. The van der Waals surface area contributed by atoms with Crippen LogP contribution in [0.4, 0.5) is 5.69 Å². The summed E-state index contributed by atoms with van der Waals surface area (Å²) in [5.41, 5.74) is 16.6. The summed E-state index contributed by atoms with van der Waals surface area (Å²) >= 11 is 0. The van der Waals surface area contributed by atoms with E-state index in [-0.39, 0.29) is 5.92 Å². The van der Waals surface area contributed by atoms with Crippen molar-refractivity contribution in [2.45, 2.75) is 12.8 Å². The van der Waals surface area contributed by atoms with Gasteiger partial charge in [-0.1, -0.05) is 177 Å². The van der Waals surface area contributed by atoms with Crippen molar-refractivity contribution >= 4 is 33.8 Å². The highest BCUT2D eigenvalue weighted by atomic mass is 15.1. The van der Waals surface area contributed by atoms with Gasteiger partial charge in [-0.15, -0.1) is 0 Å². The first-order valence-electron chi connectivity index (χ1n) is 22.0. The maximum absolute atomic E-state index is 5.47. The monoisotopic (exact) mass is 833 g/mol. The van der Waals surface area contributed by atoms with Gasteiger partial charge in [-0.3, -0.25) is 9.56 Å². The lowest BCUT2D eigenvalue weighted by atomic mass is 9.89. The van der Waals surface area contributed by atoms with Crippen LogP contribution >= 0.6 is 0 Å². The molecule has 0 saturated heterocycles. The van der Waals surface area contributed by atoms with E-state index in [0.29, 0.717) is 5.82 Å². The third-order valence-corrected chi connectivity index (χ3v) is 12.2. The van der Waals surface area contributed by atoms with Crippen LogP contribution < -0.4 is 0 Å². The topological polar surface area (TPSA) is 56.0 Å². The van der Waals surface area contributed by atoms with E-state index in [4.69, 9.17) is 19.9 Å². The summed E-state index contributed by atoms with van der Waals surface area (Å²) < 4.78 is 2.23. The van der Waals surface area contributed by atoms with Crippen LogP contribution in [0.2, 0.25) is 0 Å². The molecule has 0 aliphatic carbocycles. The Morgan fingerprint density at radius 2 is 1.08 bits per heavy atom. The zero-order chi connectivity index (χ0) is 43.5. The molecule has 2 heterocycles. The molecule has 65 heavy (non-hydrogen) atoms. The number of nitrogens with zero attached hydrogens (tertiary/aromatic N) is 5. The summed E-state index contributed by atoms with van der Waals surface area (Å²) in [5, 5.41) is 0.992. The lowest BCUT2D eigenvalue weighted by molar-refractivity contribution is 0.920. The van der Waals surface area contributed by atoms with Crippen molar-refractivity contribution in [3.05, 3.63) is 247 Å². The molecule has 1 atom stereocenters. The third kappa shape index (κ3) is 7.81. The summed E-state index contributed by atoms with van der Waals surface area (Å²) in [5.74, 6) is 1.68. The molecule has 9 aromatic carbocycles. The van der Waals surface area contributed by atoms with Gasteiger partial charge in [-0.25, -0.2) is 15.0 Å². The molecule has 2 aromatic heterocycles. The first-order valence-corrected chi connectivity index (χ1v) is 22.0. The normalized spacial score (nSPS) is 12.0. The van der Waals surface area contributed by atoms with Gasteiger partial charge in [0.1, 0.15) is 5.82 Å². The van der Waals surface area contributed by atoms with E-state index in [2.05, 4.69) is 200 Å². The number of hydrogen-bond donors (Lipinski definition) is 0. The SMILES string of the molecule is CC(c1ccc(-c2nc(-c3ccc(-n4c(-c5ccccc5)nc5ccccc54)cc3)nc3c(-c4ccccc4)cc(-c4ccccc4)cc23)cc1)c1ccccc1/C=N/c1ccccc1. The number of imidazole rings is 1. The number of aliphatic imine (C=N–C) groups is 1. The average Bonchev–Trinajstić information content (AvgIpc) is 3.78. The van der Waals surface area contributed by atoms with Gasteiger partial charge in [0.05, 0.1) is 27.9 Å². The highest BCUT2D eigenvalue weighted by molar-refractivity contribution is 6.04. The molecule has 308 valence electrons. The maximum atomic E-state index is 5.47. The highest BCUT2D eigenvalue weighted by Gasteiger charge is 2.20. The molecular formula is C60H43N5. The van der Waals surface area contributed by atoms with Crippen LogP contribution in [0, 0.1) is 0 Å². The van der Waals surface area contributed by atoms with Crippen molar-refractivity contribution in [2.24, 2.45) is 4.99 Å². The second-order valence-electron chi connectivity index (χ2n) is 16.3. The fraction of sp³-hybridized carbons (Fsp3) is 0.0333. The number of para-hydroxylation sites is 3. The molecule has 11 aromatic rings. The largest absolute Gasteiger partial charge is 0.292 e. The van der Waals surface area contributed by atoms with Crippen LogP contribution in [-0.4, -0.2) is 25.7 Å². The minimum atomic E-state index is 0.128. The fourth-order valence-electron chi connectivity index (χ4n) is 8.83. The smallest absolute Gasteiger partial charge is 0.160 e. The van der Waals surface area contributed by atoms with Crippen molar-refractivity contribution in [1.29, 1.82) is 0 Å². The molecular weight excluding hydrogens is 791 g/mol. The molecule has 11 rings (SSSR count). The molecule has 0 amide bonds. The molecule has 0 aliphatic rings. The molecule has 0 aliphatic heterocycles. The van der Waals surface area contributed by atoms with Gasteiger partial charge in [-0.2, -0.15) is 0 Å². The van der Waals surface area contributed by atoms with Crippen LogP contribution in [-0.2, 0) is 0 Å². The Kier molecular flexibility index (Phi) is 10.5. The van der Waals surface area contributed by atoms with E-state index in [0.717, 1.165) is 89.3 Å². The summed E-state index contributed by atoms with van der Waals surface area (Å²) in [6.07, 6.45) is 1.98. The van der Waals surface area contributed by atoms with Crippen LogP contribution in [0.1, 0.15) is 29.5 Å². The summed E-state index contributed by atoms with van der Waals surface area (Å²) in [6.45, 7) is 2.26. The molecule has 0 radical (unpaired) electrons. The van der Waals surface area contributed by atoms with Crippen LogP contribution in [0.15, 0.2) is 236 Å². The number of benzene rings is 9. The predicted molar refractivity (Wildman–Crippen MR) is 269 cm³/mol. The zero-order valence-corrected chi connectivity index (χ0v) is 35.8. The van der Waals surface area contributed by atoms with Crippen LogP contribution in [0.5, 0.6) is 0 Å². The highest BCUT2D eigenvalue weighted by Crippen LogP contribution is 2.40. The fourth-order valence-corrected chi connectivity index (χ4v) is 8.83. The standard InChI is InChI=1S/C60H43N5/c1-41(52-27-15-14-24-48(52)40-61-50-25-12-5-13-26-50)42-30-32-45(33-31-42)57-54-39-49(43-18-6-2-7-19-43)38-53(44-20-8-3-9-21-44)58(54)64-59(63-57)46-34-36-51(37-35-46)65-56-29-17-16-28-55(56)62-60(65)47-22-10-4-11-23-47/h2-41H,1H3/b61-40+. The quantitative estimate of drug-likeness (QED) is 0.129. The maximum Gasteiger partial charge on any atom is 0.160 e. The van der Waals surface area contributed by atoms with Gasteiger partial charge >= 0.3 is 0 Å². The minimum absolute atomic E-state index is 0.128. The average molecular weight is 834 g/mol. The van der Waals surface area contributed by atoms with E-state index in [1.54, 1.807) is 0 Å². The van der Waals surface area contributed by atoms with E-state index >= 15 is 0 Å². The van der Waals surface area contributed by atoms with Crippen molar-refractivity contribution in [3.8, 4) is 62.0 Å². The molecule has 0 bridgehead atoms.